The second-order valence-electron chi connectivity index (χ2n) is 18.8. The summed E-state index contributed by atoms with van der Waals surface area (Å²) in [7, 11) is 1.79. The number of aromatic amines is 1. The average molecular weight is 1340 g/mol. The molecule has 3 rings (SSSR count). The molecule has 1 aromatic carbocycles. The first-order valence-corrected chi connectivity index (χ1v) is 26.5. The van der Waals surface area contributed by atoms with E-state index < -0.39 is 132 Å². The molecule has 2 aromatic rings. The van der Waals surface area contributed by atoms with Crippen LogP contribution in [-0.2, 0) is 67.1 Å². The van der Waals surface area contributed by atoms with E-state index in [1.54, 1.807) is 19.2 Å². The summed E-state index contributed by atoms with van der Waals surface area (Å²) in [5, 5.41) is 124. The average Bonchev–Trinajstić information content (AvgIpc) is 0.809. The zero-order chi connectivity index (χ0) is 73.0. The van der Waals surface area contributed by atoms with Gasteiger partial charge in [-0.3, -0.25) is 76.9 Å². The number of likely N-dealkylation sites (N-methyl/N-ethyl adjacent to an activating group) is 1. The van der Waals surface area contributed by atoms with Gasteiger partial charge in [-0.25, -0.2) is 4.79 Å². The molecule has 2 heterocycles. The fourth-order valence-corrected chi connectivity index (χ4v) is 5.83. The van der Waals surface area contributed by atoms with E-state index in [1.807, 2.05) is 4.90 Å². The number of anilines is 4. The van der Waals surface area contributed by atoms with Gasteiger partial charge in [0, 0.05) is 76.3 Å². The van der Waals surface area contributed by atoms with Crippen molar-refractivity contribution in [3.63, 3.8) is 0 Å². The summed E-state index contributed by atoms with van der Waals surface area (Å²) in [5.41, 5.74) is 36.6. The molecule has 524 valence electrons. The number of fused-ring (bicyclic) bond motifs is 1. The molecule has 0 fully saturated rings. The Kier molecular flexibility index (Phi) is 45.7. The third-order valence-corrected chi connectivity index (χ3v) is 11.2. The van der Waals surface area contributed by atoms with Crippen LogP contribution in [0.2, 0.25) is 0 Å². The predicted octanol–water partition coefficient (Wildman–Crippen LogP) is -4.68. The van der Waals surface area contributed by atoms with Crippen molar-refractivity contribution in [3.8, 4) is 0 Å². The Labute approximate surface area is 524 Å². The van der Waals surface area contributed by atoms with Crippen molar-refractivity contribution in [2.24, 2.45) is 34.4 Å². The number of carbonyl (C=O) groups excluding carboxylic acids is 1. The quantitative estimate of drug-likeness (QED) is 0.0319. The van der Waals surface area contributed by atoms with Gasteiger partial charge in [0.1, 0.15) is 48.0 Å². The molecule has 1 aliphatic heterocycles. The lowest BCUT2D eigenvalue weighted by atomic mass is 10.1. The first-order valence-electron chi connectivity index (χ1n) is 26.5. The van der Waals surface area contributed by atoms with Gasteiger partial charge in [0.25, 0.3) is 11.5 Å². The lowest BCUT2D eigenvalue weighted by molar-refractivity contribution is -0.142. The van der Waals surface area contributed by atoms with E-state index in [2.05, 4.69) is 25.9 Å². The van der Waals surface area contributed by atoms with Gasteiger partial charge < -0.3 is 132 Å². The number of benzene rings is 1. The van der Waals surface area contributed by atoms with Crippen molar-refractivity contribution in [1.82, 2.24) is 15.3 Å². The molecule has 0 aliphatic carbocycles. The first kappa shape index (κ1) is 88.5. The molecule has 1 aliphatic rings. The van der Waals surface area contributed by atoms with Gasteiger partial charge in [0.2, 0.25) is 5.95 Å². The second kappa shape index (κ2) is 48.0. The number of carbonyl (C=O) groups is 15. The highest BCUT2D eigenvalue weighted by molar-refractivity contribution is 5.97. The molecule has 8 atom stereocenters. The van der Waals surface area contributed by atoms with Crippen LogP contribution >= 0.6 is 0 Å². The molecular formula is C50H79N13O30. The fraction of sp³-hybridized carbons (Fsp3) is 0.500. The number of nitrogen functional groups attached to an aromatic ring is 1. The SMILES string of the molecule is CN1c2c(nc(N)[nH]c2=O)NCC1CNc1ccc(C(=O)NC(CCC(=O)O)C(=O)O)cc1.N[C@@H](CCC(=O)O)C(=O)O.N[C@@H](CCC(=O)O)C(=O)O.N[C@@H](CCC(=O)O)C(=O)O.N[C@@H](CCC(=O)O)C(=O)O.N[C@@H](CCC(=O)O)C(=O)O.N[C@@H](CCC(=O)O)C(=O)O. The van der Waals surface area contributed by atoms with E-state index in [4.69, 9.17) is 107 Å². The number of carboxylic acids is 14. The summed E-state index contributed by atoms with van der Waals surface area (Å²) >= 11 is 0. The largest absolute Gasteiger partial charge is 0.481 e. The van der Waals surface area contributed by atoms with Crippen LogP contribution in [0.15, 0.2) is 29.1 Å². The Bertz CT molecular complexity index is 2610. The number of nitrogens with one attached hydrogen (secondary N) is 4. The Hall–Kier alpha value is -10.9. The van der Waals surface area contributed by atoms with E-state index in [0.717, 1.165) is 5.69 Å². The zero-order valence-corrected chi connectivity index (χ0v) is 49.5. The number of aromatic nitrogens is 2. The third kappa shape index (κ3) is 46.8. The number of aliphatic carboxylic acids is 14. The highest BCUT2D eigenvalue weighted by atomic mass is 16.4. The molecule has 0 spiro atoms. The number of rotatable bonds is 33. The maximum atomic E-state index is 12.3. The summed E-state index contributed by atoms with van der Waals surface area (Å²) in [6.45, 7) is 1.01. The third-order valence-electron chi connectivity index (χ3n) is 11.2. The van der Waals surface area contributed by atoms with Crippen LogP contribution in [0.5, 0.6) is 0 Å². The maximum absolute atomic E-state index is 12.3. The van der Waals surface area contributed by atoms with Crippen molar-refractivity contribution < 1.29 is 143 Å². The van der Waals surface area contributed by atoms with E-state index >= 15 is 0 Å². The molecule has 32 N–H and O–H groups in total. The van der Waals surface area contributed by atoms with Crippen LogP contribution < -0.4 is 66.5 Å². The van der Waals surface area contributed by atoms with Crippen LogP contribution in [0.4, 0.5) is 23.1 Å². The van der Waals surface area contributed by atoms with Crippen molar-refractivity contribution in [1.29, 1.82) is 0 Å². The minimum Gasteiger partial charge on any atom is -0.481 e. The number of H-pyrrole nitrogens is 1. The van der Waals surface area contributed by atoms with Gasteiger partial charge >= 0.3 is 83.6 Å². The molecule has 2 unspecified atom stereocenters. The molecule has 0 bridgehead atoms. The Morgan fingerprint density at radius 3 is 1.01 bits per heavy atom. The van der Waals surface area contributed by atoms with Gasteiger partial charge in [-0.05, 0) is 69.2 Å². The summed E-state index contributed by atoms with van der Waals surface area (Å²) in [4.78, 5) is 174. The fourth-order valence-electron chi connectivity index (χ4n) is 5.83. The zero-order valence-electron chi connectivity index (χ0n) is 49.5. The molecule has 1 aromatic heterocycles. The first-order chi connectivity index (χ1) is 42.9. The van der Waals surface area contributed by atoms with E-state index in [-0.39, 0.29) is 113 Å². The Morgan fingerprint density at radius 2 is 0.753 bits per heavy atom. The van der Waals surface area contributed by atoms with Crippen molar-refractivity contribution >= 4 is 113 Å². The predicted molar refractivity (Wildman–Crippen MR) is 316 cm³/mol. The van der Waals surface area contributed by atoms with Gasteiger partial charge in [-0.2, -0.15) is 4.98 Å². The van der Waals surface area contributed by atoms with E-state index in [0.29, 0.717) is 24.6 Å². The van der Waals surface area contributed by atoms with Crippen LogP contribution in [0, 0.1) is 0 Å². The number of amides is 1. The Balaban J connectivity index is -0.000000549. The summed E-state index contributed by atoms with van der Waals surface area (Å²) < 4.78 is 0. The van der Waals surface area contributed by atoms with Crippen LogP contribution in [0.25, 0.3) is 0 Å². The van der Waals surface area contributed by atoms with Crippen molar-refractivity contribution in [3.05, 3.63) is 40.2 Å². The highest BCUT2D eigenvalue weighted by Crippen LogP contribution is 2.25. The standard InChI is InChI=1S/C20H25N7O6.6C5H9NO4/c1-27-12(9-23-16-15(27)18(31)26-20(21)25-16)8-22-11-4-2-10(3-5-11)17(30)24-13(19(32)33)6-7-14(28)29;6*6-3(5(9)10)1-2-4(7)8/h2-5,12-13,22H,6-9H2,1H3,(H,24,30)(H,28,29)(H,32,33)(H4,21,23,25,26,31);6*3H,1-2,6H2,(H,7,8)(H,9,10)/t;6*3-/m.000000/s1. The van der Waals surface area contributed by atoms with Gasteiger partial charge in [-0.1, -0.05) is 0 Å². The normalized spacial score (nSPS) is 13.6. The monoisotopic (exact) mass is 1340 g/mol. The number of nitrogens with zero attached hydrogens (tertiary/aromatic N) is 2. The highest BCUT2D eigenvalue weighted by Gasteiger charge is 2.28. The topological polar surface area (TPSA) is 806 Å². The number of nitrogens with two attached hydrogens (primary N) is 7. The number of carboxylic acid groups (broad SMARTS) is 14. The minimum absolute atomic E-state index is 0.0231. The van der Waals surface area contributed by atoms with Crippen LogP contribution in [0.1, 0.15) is 100 Å². The lowest BCUT2D eigenvalue weighted by Crippen LogP contribution is -2.48. The molecule has 43 heteroatoms. The molecule has 1 amide bonds. The molecule has 0 radical (unpaired) electrons. The number of hydrogen-bond acceptors (Lipinski definition) is 27. The molecule has 43 nitrogen and oxygen atoms in total. The van der Waals surface area contributed by atoms with Gasteiger partial charge in [-0.15, -0.1) is 0 Å². The van der Waals surface area contributed by atoms with E-state index in [9.17, 15) is 81.8 Å². The van der Waals surface area contributed by atoms with Gasteiger partial charge in [0.05, 0.1) is 6.04 Å². The van der Waals surface area contributed by atoms with Gasteiger partial charge in [0.15, 0.2) is 5.82 Å². The molecule has 0 saturated heterocycles. The maximum Gasteiger partial charge on any atom is 0.326 e. The molecular weight excluding hydrogens is 1260 g/mol. The molecule has 0 saturated carbocycles. The minimum atomic E-state index is -1.30. The summed E-state index contributed by atoms with van der Waals surface area (Å²) in [6, 6.07) is -1.32. The smallest absolute Gasteiger partial charge is 0.326 e. The van der Waals surface area contributed by atoms with Crippen molar-refractivity contribution in [2.45, 2.75) is 138 Å². The summed E-state index contributed by atoms with van der Waals surface area (Å²) in [6.07, 6.45) is -1.93. The second-order valence-corrected chi connectivity index (χ2v) is 18.8. The van der Waals surface area contributed by atoms with Crippen LogP contribution in [-0.4, -0.2) is 239 Å². The molecule has 93 heavy (non-hydrogen) atoms. The van der Waals surface area contributed by atoms with Crippen molar-refractivity contribution in [2.75, 3.05) is 41.4 Å². The Morgan fingerprint density at radius 1 is 0.473 bits per heavy atom. The summed E-state index contributed by atoms with van der Waals surface area (Å²) in [5.74, 6) is -15.8. The number of hydrogen-bond donors (Lipinski definition) is 25. The lowest BCUT2D eigenvalue weighted by Gasteiger charge is -2.35. The van der Waals surface area contributed by atoms with Crippen LogP contribution in [0.3, 0.4) is 0 Å². The van der Waals surface area contributed by atoms with E-state index in [1.165, 1.54) is 12.1 Å².